The zero-order valence-corrected chi connectivity index (χ0v) is 13.7. The largest absolute Gasteiger partial charge is 0.0928 e. The van der Waals surface area contributed by atoms with Crippen LogP contribution in [0.4, 0.5) is 0 Å². The minimum absolute atomic E-state index is 0.720. The highest BCUT2D eigenvalue weighted by molar-refractivity contribution is 9.09. The normalized spacial score (nSPS) is 18.0. The summed E-state index contributed by atoms with van der Waals surface area (Å²) < 4.78 is 0. The number of hydrogen-bond acceptors (Lipinski definition) is 0. The third kappa shape index (κ3) is 2.19. The van der Waals surface area contributed by atoms with Crippen LogP contribution >= 0.6 is 15.9 Å². The Morgan fingerprint density at radius 2 is 1.76 bits per heavy atom. The molecule has 1 aliphatic carbocycles. The Hall–Kier alpha value is -1.34. The molecule has 1 unspecified atom stereocenters. The summed E-state index contributed by atoms with van der Waals surface area (Å²) in [4.78, 5) is 0. The van der Waals surface area contributed by atoms with Crippen molar-refractivity contribution < 1.29 is 0 Å². The number of hydrogen-bond donors (Lipinski definition) is 0. The molecule has 0 fully saturated rings. The molecule has 21 heavy (non-hydrogen) atoms. The van der Waals surface area contributed by atoms with Crippen LogP contribution in [0.1, 0.15) is 36.3 Å². The summed E-state index contributed by atoms with van der Waals surface area (Å²) in [5.74, 6) is 0.720. The van der Waals surface area contributed by atoms with Crippen LogP contribution in [0.5, 0.6) is 0 Å². The van der Waals surface area contributed by atoms with Gasteiger partial charge in [-0.05, 0) is 64.3 Å². The molecule has 0 spiro atoms. The highest BCUT2D eigenvalue weighted by Gasteiger charge is 2.22. The highest BCUT2D eigenvalue weighted by Crippen LogP contribution is 2.40. The average Bonchev–Trinajstić information content (AvgIpc) is 2.54. The van der Waals surface area contributed by atoms with Crippen LogP contribution < -0.4 is 0 Å². The Labute approximate surface area is 134 Å². The van der Waals surface area contributed by atoms with Gasteiger partial charge in [-0.15, -0.1) is 0 Å². The van der Waals surface area contributed by atoms with Crippen molar-refractivity contribution >= 4 is 37.5 Å². The summed E-state index contributed by atoms with van der Waals surface area (Å²) in [6.45, 7) is 0. The molecule has 1 heteroatoms. The minimum Gasteiger partial charge on any atom is -0.0928 e. The zero-order chi connectivity index (χ0) is 14.2. The van der Waals surface area contributed by atoms with E-state index in [1.165, 1.54) is 47.2 Å². The van der Waals surface area contributed by atoms with Gasteiger partial charge < -0.3 is 0 Å². The molecule has 1 atom stereocenters. The Kier molecular flexibility index (Phi) is 3.46. The zero-order valence-electron chi connectivity index (χ0n) is 12.1. The standard InChI is InChI=1S/C20H19Br/c21-13-12-16-6-3-5-15-9-10-18-17-7-2-1-4-14(17)8-11-19(18)20(15)16/h1-2,4,7-11,16H,3,5-6,12-13H2. The van der Waals surface area contributed by atoms with Crippen LogP contribution in [-0.4, -0.2) is 5.33 Å². The van der Waals surface area contributed by atoms with E-state index in [0.29, 0.717) is 0 Å². The molecule has 0 bridgehead atoms. The van der Waals surface area contributed by atoms with Crippen molar-refractivity contribution in [1.29, 1.82) is 0 Å². The number of fused-ring (bicyclic) bond motifs is 5. The Morgan fingerprint density at radius 3 is 2.67 bits per heavy atom. The van der Waals surface area contributed by atoms with Gasteiger partial charge in [0.2, 0.25) is 0 Å². The van der Waals surface area contributed by atoms with Gasteiger partial charge in [0, 0.05) is 5.33 Å². The first-order valence-electron chi connectivity index (χ1n) is 7.87. The molecule has 0 saturated heterocycles. The van der Waals surface area contributed by atoms with E-state index in [9.17, 15) is 0 Å². The number of halogens is 1. The lowest BCUT2D eigenvalue weighted by Crippen LogP contribution is -2.11. The third-order valence-electron chi connectivity index (χ3n) is 4.92. The van der Waals surface area contributed by atoms with Gasteiger partial charge in [0.05, 0.1) is 0 Å². The van der Waals surface area contributed by atoms with Gasteiger partial charge >= 0.3 is 0 Å². The van der Waals surface area contributed by atoms with Gasteiger partial charge in [0.1, 0.15) is 0 Å². The van der Waals surface area contributed by atoms with E-state index in [0.717, 1.165) is 11.2 Å². The van der Waals surface area contributed by atoms with Crippen molar-refractivity contribution in [3.05, 3.63) is 59.7 Å². The fourth-order valence-corrected chi connectivity index (χ4v) is 4.51. The van der Waals surface area contributed by atoms with Gasteiger partial charge in [0.25, 0.3) is 0 Å². The molecule has 3 aromatic carbocycles. The number of aryl methyl sites for hydroxylation is 1. The third-order valence-corrected chi connectivity index (χ3v) is 5.38. The molecule has 0 N–H and O–H groups in total. The van der Waals surface area contributed by atoms with Crippen molar-refractivity contribution in [2.75, 3.05) is 5.33 Å². The van der Waals surface area contributed by atoms with Gasteiger partial charge in [-0.25, -0.2) is 0 Å². The van der Waals surface area contributed by atoms with E-state index in [1.807, 2.05) is 0 Å². The summed E-state index contributed by atoms with van der Waals surface area (Å²) in [6.07, 6.45) is 5.17. The molecular formula is C20H19Br. The fourth-order valence-electron chi connectivity index (χ4n) is 3.96. The topological polar surface area (TPSA) is 0 Å². The van der Waals surface area contributed by atoms with E-state index in [2.05, 4.69) is 64.5 Å². The molecule has 0 amide bonds. The van der Waals surface area contributed by atoms with Gasteiger partial charge in [-0.2, -0.15) is 0 Å². The van der Waals surface area contributed by atoms with Crippen molar-refractivity contribution in [3.63, 3.8) is 0 Å². The molecule has 0 aromatic heterocycles. The van der Waals surface area contributed by atoms with Crippen molar-refractivity contribution in [3.8, 4) is 0 Å². The predicted octanol–water partition coefficient (Wildman–Crippen LogP) is 6.20. The first-order chi connectivity index (χ1) is 10.4. The quantitative estimate of drug-likeness (QED) is 0.385. The lowest BCUT2D eigenvalue weighted by atomic mass is 9.78. The summed E-state index contributed by atoms with van der Waals surface area (Å²) in [5, 5.41) is 6.74. The average molecular weight is 339 g/mol. The van der Waals surface area contributed by atoms with Gasteiger partial charge in [-0.1, -0.05) is 64.5 Å². The molecule has 0 nitrogen and oxygen atoms in total. The van der Waals surface area contributed by atoms with Crippen molar-refractivity contribution in [2.24, 2.45) is 0 Å². The maximum Gasteiger partial charge on any atom is 0.00371 e. The molecule has 3 aromatic rings. The number of alkyl halides is 1. The van der Waals surface area contributed by atoms with Crippen molar-refractivity contribution in [2.45, 2.75) is 31.6 Å². The van der Waals surface area contributed by atoms with Crippen LogP contribution in [0.2, 0.25) is 0 Å². The Balaban J connectivity index is 2.04. The summed E-state index contributed by atoms with van der Waals surface area (Å²) in [5.41, 5.74) is 3.21. The van der Waals surface area contributed by atoms with E-state index in [1.54, 1.807) is 11.1 Å². The molecule has 0 radical (unpaired) electrons. The summed E-state index contributed by atoms with van der Waals surface area (Å²) in [6, 6.07) is 18.1. The molecule has 0 aliphatic heterocycles. The summed E-state index contributed by atoms with van der Waals surface area (Å²) >= 11 is 3.64. The van der Waals surface area contributed by atoms with E-state index in [-0.39, 0.29) is 0 Å². The van der Waals surface area contributed by atoms with Crippen LogP contribution in [0.25, 0.3) is 21.5 Å². The molecule has 0 heterocycles. The second-order valence-corrected chi connectivity index (χ2v) is 6.88. The first-order valence-corrected chi connectivity index (χ1v) is 9.00. The molecular weight excluding hydrogens is 320 g/mol. The Bertz CT molecular complexity index is 803. The van der Waals surface area contributed by atoms with E-state index in [4.69, 9.17) is 0 Å². The van der Waals surface area contributed by atoms with E-state index >= 15 is 0 Å². The summed E-state index contributed by atoms with van der Waals surface area (Å²) in [7, 11) is 0. The second-order valence-electron chi connectivity index (χ2n) is 6.09. The van der Waals surface area contributed by atoms with Crippen LogP contribution in [0.3, 0.4) is 0 Å². The van der Waals surface area contributed by atoms with E-state index < -0.39 is 0 Å². The predicted molar refractivity (Wildman–Crippen MR) is 95.5 cm³/mol. The lowest BCUT2D eigenvalue weighted by Gasteiger charge is -2.27. The second kappa shape index (κ2) is 5.46. The lowest BCUT2D eigenvalue weighted by molar-refractivity contribution is 0.548. The van der Waals surface area contributed by atoms with Gasteiger partial charge in [-0.3, -0.25) is 0 Å². The fraction of sp³-hybridized carbons (Fsp3) is 0.300. The first kappa shape index (κ1) is 13.3. The SMILES string of the molecule is BrCCC1CCCc2ccc3c(ccc4ccccc43)c21. The molecule has 0 saturated carbocycles. The van der Waals surface area contributed by atoms with Crippen LogP contribution in [-0.2, 0) is 6.42 Å². The number of rotatable bonds is 2. The Morgan fingerprint density at radius 1 is 0.905 bits per heavy atom. The number of benzene rings is 3. The monoisotopic (exact) mass is 338 g/mol. The molecule has 106 valence electrons. The highest BCUT2D eigenvalue weighted by atomic mass is 79.9. The minimum atomic E-state index is 0.720. The smallest absolute Gasteiger partial charge is 0.00371 e. The molecule has 1 aliphatic rings. The maximum atomic E-state index is 3.64. The van der Waals surface area contributed by atoms with Crippen molar-refractivity contribution in [1.82, 2.24) is 0 Å². The maximum absolute atomic E-state index is 3.64. The van der Waals surface area contributed by atoms with Crippen LogP contribution in [0.15, 0.2) is 48.5 Å². The molecule has 4 rings (SSSR count). The van der Waals surface area contributed by atoms with Crippen LogP contribution in [0, 0.1) is 0 Å². The van der Waals surface area contributed by atoms with Gasteiger partial charge in [0.15, 0.2) is 0 Å².